The van der Waals surface area contributed by atoms with Gasteiger partial charge in [-0.1, -0.05) is 72.8 Å². The molecule has 3 heterocycles. The summed E-state index contributed by atoms with van der Waals surface area (Å²) in [6, 6.07) is 30.6. The third-order valence-corrected chi connectivity index (χ3v) is 8.39. The first-order valence-corrected chi connectivity index (χ1v) is 16.0. The van der Waals surface area contributed by atoms with Gasteiger partial charge in [-0.3, -0.25) is 4.68 Å². The smallest absolute Gasteiger partial charge is 0.410 e. The molecule has 1 amide bonds. The lowest BCUT2D eigenvalue weighted by Gasteiger charge is -2.38. The van der Waals surface area contributed by atoms with E-state index in [2.05, 4.69) is 25.1 Å². The van der Waals surface area contributed by atoms with Crippen molar-refractivity contribution in [1.82, 2.24) is 19.7 Å². The van der Waals surface area contributed by atoms with Gasteiger partial charge in [0, 0.05) is 31.1 Å². The molecule has 5 aromatic rings. The van der Waals surface area contributed by atoms with Crippen LogP contribution in [-0.2, 0) is 25.0 Å². The Morgan fingerprint density at radius 1 is 0.891 bits per heavy atom. The largest absolute Gasteiger partial charge is 0.473 e. The molecule has 1 fully saturated rings. The van der Waals surface area contributed by atoms with Crippen LogP contribution in [0.5, 0.6) is 11.8 Å². The Labute approximate surface area is 270 Å². The summed E-state index contributed by atoms with van der Waals surface area (Å²) in [5.74, 6) is 1.30. The van der Waals surface area contributed by atoms with E-state index in [1.807, 2.05) is 110 Å². The van der Waals surface area contributed by atoms with Crippen LogP contribution in [0.2, 0.25) is 0 Å². The summed E-state index contributed by atoms with van der Waals surface area (Å²) in [6.07, 6.45) is 1.52. The van der Waals surface area contributed by atoms with Crippen molar-refractivity contribution in [1.29, 1.82) is 0 Å². The number of amides is 1. The van der Waals surface area contributed by atoms with Crippen LogP contribution in [0.3, 0.4) is 0 Å². The lowest BCUT2D eigenvalue weighted by Crippen LogP contribution is -2.46. The Morgan fingerprint density at radius 2 is 1.57 bits per heavy atom. The maximum Gasteiger partial charge on any atom is 0.410 e. The lowest BCUT2D eigenvalue weighted by atomic mass is 9.85. The van der Waals surface area contributed by atoms with E-state index in [4.69, 9.17) is 24.3 Å². The van der Waals surface area contributed by atoms with Crippen LogP contribution in [0.25, 0.3) is 22.2 Å². The first kappa shape index (κ1) is 31.1. The molecule has 2 aromatic heterocycles. The first-order valence-electron chi connectivity index (χ1n) is 16.0. The Balaban J connectivity index is 1.26. The summed E-state index contributed by atoms with van der Waals surface area (Å²) in [5, 5.41) is 5.98. The van der Waals surface area contributed by atoms with E-state index in [-0.39, 0.29) is 12.1 Å². The molecular formula is C38H42N4O4. The highest BCUT2D eigenvalue weighted by Gasteiger charge is 2.32. The number of likely N-dealkylation sites (tertiary alicyclic amines) is 1. The van der Waals surface area contributed by atoms with E-state index in [1.54, 1.807) is 0 Å². The predicted octanol–water partition coefficient (Wildman–Crippen LogP) is 8.30. The molecule has 6 rings (SSSR count). The topological polar surface area (TPSA) is 78.7 Å². The van der Waals surface area contributed by atoms with Gasteiger partial charge < -0.3 is 19.1 Å². The molecule has 3 aromatic carbocycles. The number of hydrogen-bond donors (Lipinski definition) is 0. The van der Waals surface area contributed by atoms with Crippen LogP contribution in [0.15, 0.2) is 91.0 Å². The average molecular weight is 619 g/mol. The van der Waals surface area contributed by atoms with Crippen molar-refractivity contribution in [2.75, 3.05) is 6.54 Å². The van der Waals surface area contributed by atoms with Gasteiger partial charge in [-0.05, 0) is 75.3 Å². The van der Waals surface area contributed by atoms with Gasteiger partial charge in [-0.25, -0.2) is 4.79 Å². The molecule has 0 radical (unpaired) electrons. The zero-order chi connectivity index (χ0) is 32.3. The summed E-state index contributed by atoms with van der Waals surface area (Å²) < 4.78 is 20.0. The summed E-state index contributed by atoms with van der Waals surface area (Å²) in [5.41, 5.74) is 5.51. The Kier molecular flexibility index (Phi) is 8.97. The van der Waals surface area contributed by atoms with Crippen LogP contribution < -0.4 is 9.47 Å². The second-order valence-electron chi connectivity index (χ2n) is 13.0. The summed E-state index contributed by atoms with van der Waals surface area (Å²) in [4.78, 5) is 19.4. The van der Waals surface area contributed by atoms with Crippen molar-refractivity contribution in [2.45, 2.75) is 71.3 Å². The molecule has 46 heavy (non-hydrogen) atoms. The number of hydrogen-bond acceptors (Lipinski definition) is 6. The highest BCUT2D eigenvalue weighted by atomic mass is 16.6. The van der Waals surface area contributed by atoms with Crippen molar-refractivity contribution in [3.8, 4) is 23.0 Å². The number of carbonyl (C=O) groups excluding carboxylic acids is 1. The molecular weight excluding hydrogens is 576 g/mol. The van der Waals surface area contributed by atoms with Gasteiger partial charge in [-0.15, -0.1) is 0 Å². The zero-order valence-corrected chi connectivity index (χ0v) is 27.3. The lowest BCUT2D eigenvalue weighted by molar-refractivity contribution is 0.0103. The van der Waals surface area contributed by atoms with Crippen molar-refractivity contribution in [3.05, 3.63) is 108 Å². The molecule has 1 aliphatic rings. The van der Waals surface area contributed by atoms with Gasteiger partial charge in [0.1, 0.15) is 24.5 Å². The molecule has 0 saturated carbocycles. The van der Waals surface area contributed by atoms with Crippen molar-refractivity contribution >= 4 is 17.0 Å². The predicted molar refractivity (Wildman–Crippen MR) is 180 cm³/mol. The highest BCUT2D eigenvalue weighted by Crippen LogP contribution is 2.38. The minimum atomic E-state index is -0.507. The fraction of sp³-hybridized carbons (Fsp3) is 0.342. The molecule has 0 N–H and O–H groups in total. The van der Waals surface area contributed by atoms with Crippen LogP contribution in [0.1, 0.15) is 63.1 Å². The molecule has 1 aliphatic heterocycles. The van der Waals surface area contributed by atoms with Gasteiger partial charge in [0.2, 0.25) is 11.8 Å². The molecule has 0 unspecified atom stereocenters. The van der Waals surface area contributed by atoms with Gasteiger partial charge in [0.05, 0.1) is 11.1 Å². The Morgan fingerprint density at radius 3 is 2.22 bits per heavy atom. The van der Waals surface area contributed by atoms with Crippen LogP contribution in [0, 0.1) is 0 Å². The maximum absolute atomic E-state index is 12.8. The summed E-state index contributed by atoms with van der Waals surface area (Å²) >= 11 is 0. The minimum Gasteiger partial charge on any atom is -0.473 e. The van der Waals surface area contributed by atoms with E-state index in [9.17, 15) is 4.79 Å². The van der Waals surface area contributed by atoms with Gasteiger partial charge in [-0.2, -0.15) is 10.1 Å². The first-order chi connectivity index (χ1) is 22.1. The third kappa shape index (κ3) is 7.17. The molecule has 0 aliphatic carbocycles. The monoisotopic (exact) mass is 618 g/mol. The van der Waals surface area contributed by atoms with E-state index in [0.29, 0.717) is 37.4 Å². The van der Waals surface area contributed by atoms with Crippen LogP contribution >= 0.6 is 0 Å². The number of fused-ring (bicyclic) bond motifs is 1. The van der Waals surface area contributed by atoms with Crippen LogP contribution in [0.4, 0.5) is 4.79 Å². The fourth-order valence-corrected chi connectivity index (χ4v) is 6.05. The van der Waals surface area contributed by atoms with Gasteiger partial charge in [0.25, 0.3) is 0 Å². The van der Waals surface area contributed by atoms with E-state index in [0.717, 1.165) is 46.1 Å². The normalized spacial score (nSPS) is 16.8. The highest BCUT2D eigenvalue weighted by molar-refractivity contribution is 5.95. The quantitative estimate of drug-likeness (QED) is 0.174. The molecule has 1 saturated heterocycles. The summed E-state index contributed by atoms with van der Waals surface area (Å²) in [6.45, 7) is 9.27. The second kappa shape index (κ2) is 13.3. The number of ether oxygens (including phenoxy) is 3. The molecule has 8 heteroatoms. The number of benzene rings is 3. The van der Waals surface area contributed by atoms with Crippen LogP contribution in [-0.4, -0.2) is 43.9 Å². The number of carbonyl (C=O) groups is 1. The molecule has 238 valence electrons. The van der Waals surface area contributed by atoms with E-state index in [1.165, 1.54) is 5.56 Å². The molecule has 0 bridgehead atoms. The van der Waals surface area contributed by atoms with Crippen molar-refractivity contribution in [3.63, 3.8) is 0 Å². The minimum absolute atomic E-state index is 0.0874. The number of pyridine rings is 1. The average Bonchev–Trinajstić information content (AvgIpc) is 3.38. The molecule has 2 atom stereocenters. The summed E-state index contributed by atoms with van der Waals surface area (Å²) in [7, 11) is 1.97. The SMILES string of the molecule is C[C@H]1C[C@H](c2ccc3c(-c4ccc(OCc5ccccc5)nc4OCc4ccccc4)nn(C)c3c2)CCN1C(=O)OC(C)(C)C. The molecule has 8 nitrogen and oxygen atoms in total. The van der Waals surface area contributed by atoms with Gasteiger partial charge >= 0.3 is 6.09 Å². The number of rotatable bonds is 8. The fourth-order valence-electron chi connectivity index (χ4n) is 6.05. The third-order valence-electron chi connectivity index (χ3n) is 8.39. The zero-order valence-electron chi connectivity index (χ0n) is 27.3. The standard InChI is InChI=1S/C38H42N4O4/c1-26-22-30(20-21-42(26)37(43)46-38(2,3)4)29-16-17-31-33(23-29)41(5)40-35(31)32-18-19-34(44-24-27-12-8-6-9-13-27)39-36(32)45-25-28-14-10-7-11-15-28/h6-19,23,26,30H,20-22,24-25H2,1-5H3/t26-,30+/m0/s1. The van der Waals surface area contributed by atoms with Crippen molar-refractivity contribution in [2.24, 2.45) is 7.05 Å². The molecule has 0 spiro atoms. The van der Waals surface area contributed by atoms with Gasteiger partial charge in [0.15, 0.2) is 0 Å². The van der Waals surface area contributed by atoms with Crippen molar-refractivity contribution < 1.29 is 19.0 Å². The second-order valence-corrected chi connectivity index (χ2v) is 13.0. The Hall–Kier alpha value is -4.85. The number of piperidine rings is 1. The number of aromatic nitrogens is 3. The Bertz CT molecular complexity index is 1800. The van der Waals surface area contributed by atoms with E-state index < -0.39 is 5.60 Å². The number of aryl methyl sites for hydroxylation is 1. The number of nitrogens with zero attached hydrogens (tertiary/aromatic N) is 4. The van der Waals surface area contributed by atoms with E-state index >= 15 is 0 Å². The maximum atomic E-state index is 12.8.